The first-order chi connectivity index (χ1) is 7.83. The van der Waals surface area contributed by atoms with E-state index in [1.54, 1.807) is 18.3 Å². The van der Waals surface area contributed by atoms with Crippen molar-refractivity contribution >= 4 is 17.5 Å². The molecule has 0 saturated carbocycles. The summed E-state index contributed by atoms with van der Waals surface area (Å²) in [5.41, 5.74) is 1.06. The molecule has 0 radical (unpaired) electrons. The van der Waals surface area contributed by atoms with Gasteiger partial charge in [-0.15, -0.1) is 11.8 Å². The fraction of sp³-hybridized carbons (Fsp3) is 0.0833. The van der Waals surface area contributed by atoms with Crippen LogP contribution in [0.5, 0.6) is 0 Å². The summed E-state index contributed by atoms with van der Waals surface area (Å²) < 4.78 is 0. The molecule has 0 amide bonds. The maximum absolute atomic E-state index is 12.1. The van der Waals surface area contributed by atoms with Crippen LogP contribution in [0.1, 0.15) is 16.1 Å². The summed E-state index contributed by atoms with van der Waals surface area (Å²) in [5.74, 6) is -0.0851. The molecule has 2 rings (SSSR count). The Balaban J connectivity index is 2.42. The number of benzene rings is 1. The SMILES string of the molecule is CSc1nccnc1C(=O)c1ccccc1. The van der Waals surface area contributed by atoms with Gasteiger partial charge in [0.25, 0.3) is 0 Å². The zero-order valence-electron chi connectivity index (χ0n) is 8.75. The number of nitrogens with zero attached hydrogens (tertiary/aromatic N) is 2. The van der Waals surface area contributed by atoms with Gasteiger partial charge in [0.1, 0.15) is 10.7 Å². The zero-order chi connectivity index (χ0) is 11.4. The molecular weight excluding hydrogens is 220 g/mol. The highest BCUT2D eigenvalue weighted by Crippen LogP contribution is 2.17. The Hall–Kier alpha value is -1.68. The third-order valence-electron chi connectivity index (χ3n) is 2.11. The number of ketones is 1. The van der Waals surface area contributed by atoms with Crippen LogP contribution in [0, 0.1) is 0 Å². The monoisotopic (exact) mass is 230 g/mol. The van der Waals surface area contributed by atoms with E-state index in [0.29, 0.717) is 16.3 Å². The maximum Gasteiger partial charge on any atom is 0.214 e. The Morgan fingerprint density at radius 3 is 2.50 bits per heavy atom. The average molecular weight is 230 g/mol. The summed E-state index contributed by atoms with van der Waals surface area (Å²) >= 11 is 1.42. The van der Waals surface area contributed by atoms with Crippen molar-refractivity contribution in [2.75, 3.05) is 6.26 Å². The van der Waals surface area contributed by atoms with Crippen molar-refractivity contribution in [1.82, 2.24) is 9.97 Å². The quantitative estimate of drug-likeness (QED) is 0.600. The van der Waals surface area contributed by atoms with Gasteiger partial charge in [-0.3, -0.25) is 4.79 Å². The smallest absolute Gasteiger partial charge is 0.214 e. The molecule has 3 nitrogen and oxygen atoms in total. The fourth-order valence-electron chi connectivity index (χ4n) is 1.36. The highest BCUT2D eigenvalue weighted by atomic mass is 32.2. The first kappa shape index (κ1) is 10.8. The van der Waals surface area contributed by atoms with Crippen LogP contribution >= 0.6 is 11.8 Å². The fourth-order valence-corrected chi connectivity index (χ4v) is 1.86. The van der Waals surface area contributed by atoms with Gasteiger partial charge in [-0.1, -0.05) is 30.3 Å². The van der Waals surface area contributed by atoms with Crippen LogP contribution in [-0.2, 0) is 0 Å². The van der Waals surface area contributed by atoms with Gasteiger partial charge in [0.15, 0.2) is 0 Å². The molecule has 80 valence electrons. The molecule has 0 atom stereocenters. The lowest BCUT2D eigenvalue weighted by atomic mass is 10.1. The maximum atomic E-state index is 12.1. The van der Waals surface area contributed by atoms with Crippen molar-refractivity contribution in [1.29, 1.82) is 0 Å². The lowest BCUT2D eigenvalue weighted by molar-refractivity contribution is 0.103. The summed E-state index contributed by atoms with van der Waals surface area (Å²) in [6.45, 7) is 0. The topological polar surface area (TPSA) is 42.9 Å². The first-order valence-corrected chi connectivity index (χ1v) is 6.00. The molecule has 0 spiro atoms. The van der Waals surface area contributed by atoms with E-state index in [1.165, 1.54) is 18.0 Å². The summed E-state index contributed by atoms with van der Waals surface area (Å²) in [6, 6.07) is 9.11. The summed E-state index contributed by atoms with van der Waals surface area (Å²) in [4.78, 5) is 20.3. The van der Waals surface area contributed by atoms with Gasteiger partial charge < -0.3 is 0 Å². The highest BCUT2D eigenvalue weighted by molar-refractivity contribution is 7.98. The van der Waals surface area contributed by atoms with Gasteiger partial charge in [-0.25, -0.2) is 9.97 Å². The van der Waals surface area contributed by atoms with Crippen LogP contribution in [-0.4, -0.2) is 22.0 Å². The molecule has 1 aromatic heterocycles. The minimum Gasteiger partial charge on any atom is -0.287 e. The molecule has 0 aliphatic heterocycles. The zero-order valence-corrected chi connectivity index (χ0v) is 9.57. The summed E-state index contributed by atoms with van der Waals surface area (Å²) in [5, 5.41) is 0.663. The third-order valence-corrected chi connectivity index (χ3v) is 2.79. The minimum absolute atomic E-state index is 0.0851. The van der Waals surface area contributed by atoms with E-state index in [1.807, 2.05) is 24.5 Å². The first-order valence-electron chi connectivity index (χ1n) is 4.77. The number of rotatable bonds is 3. The van der Waals surface area contributed by atoms with Gasteiger partial charge in [0.2, 0.25) is 5.78 Å². The van der Waals surface area contributed by atoms with Crippen LogP contribution in [0.2, 0.25) is 0 Å². The molecule has 0 saturated heterocycles. The van der Waals surface area contributed by atoms with Crippen LogP contribution in [0.15, 0.2) is 47.8 Å². The van der Waals surface area contributed by atoms with E-state index < -0.39 is 0 Å². The van der Waals surface area contributed by atoms with Crippen molar-refractivity contribution in [3.8, 4) is 0 Å². The standard InChI is InChI=1S/C12H10N2OS/c1-16-12-10(13-7-8-14-12)11(15)9-5-3-2-4-6-9/h2-8H,1H3. The number of thioether (sulfide) groups is 1. The van der Waals surface area contributed by atoms with Crippen LogP contribution in [0.4, 0.5) is 0 Å². The second kappa shape index (κ2) is 4.90. The molecular formula is C12H10N2OS. The number of carbonyl (C=O) groups excluding carboxylic acids is 1. The van der Waals surface area contributed by atoms with E-state index in [9.17, 15) is 4.79 Å². The normalized spacial score (nSPS) is 10.1. The number of carbonyl (C=O) groups is 1. The number of hydrogen-bond donors (Lipinski definition) is 0. The molecule has 1 heterocycles. The largest absolute Gasteiger partial charge is 0.287 e. The van der Waals surface area contributed by atoms with E-state index in [-0.39, 0.29) is 5.78 Å². The molecule has 1 aromatic carbocycles. The van der Waals surface area contributed by atoms with Gasteiger partial charge in [-0.2, -0.15) is 0 Å². The molecule has 0 fully saturated rings. The van der Waals surface area contributed by atoms with E-state index in [4.69, 9.17) is 0 Å². The third kappa shape index (κ3) is 2.12. The Morgan fingerprint density at radius 2 is 1.81 bits per heavy atom. The van der Waals surface area contributed by atoms with E-state index in [0.717, 1.165) is 0 Å². The highest BCUT2D eigenvalue weighted by Gasteiger charge is 2.14. The van der Waals surface area contributed by atoms with Crippen LogP contribution in [0.25, 0.3) is 0 Å². The lowest BCUT2D eigenvalue weighted by Crippen LogP contribution is -2.06. The number of hydrogen-bond acceptors (Lipinski definition) is 4. The van der Waals surface area contributed by atoms with Crippen molar-refractivity contribution < 1.29 is 4.79 Å². The van der Waals surface area contributed by atoms with Gasteiger partial charge >= 0.3 is 0 Å². The molecule has 0 unspecified atom stereocenters. The van der Waals surface area contributed by atoms with Gasteiger partial charge in [0.05, 0.1) is 0 Å². The minimum atomic E-state index is -0.0851. The molecule has 0 N–H and O–H groups in total. The van der Waals surface area contributed by atoms with Gasteiger partial charge in [0, 0.05) is 18.0 Å². The summed E-state index contributed by atoms with van der Waals surface area (Å²) in [6.07, 6.45) is 5.01. The van der Waals surface area contributed by atoms with E-state index >= 15 is 0 Å². The Kier molecular flexibility index (Phi) is 3.31. The molecule has 0 bridgehead atoms. The number of aromatic nitrogens is 2. The van der Waals surface area contributed by atoms with Crippen molar-refractivity contribution in [3.05, 3.63) is 54.0 Å². The lowest BCUT2D eigenvalue weighted by Gasteiger charge is -2.03. The second-order valence-corrected chi connectivity index (χ2v) is 3.90. The summed E-state index contributed by atoms with van der Waals surface area (Å²) in [7, 11) is 0. The molecule has 0 aliphatic carbocycles. The second-order valence-electron chi connectivity index (χ2n) is 3.11. The van der Waals surface area contributed by atoms with Crippen molar-refractivity contribution in [2.24, 2.45) is 0 Å². The Morgan fingerprint density at radius 1 is 1.12 bits per heavy atom. The molecule has 16 heavy (non-hydrogen) atoms. The van der Waals surface area contributed by atoms with Crippen LogP contribution in [0.3, 0.4) is 0 Å². The van der Waals surface area contributed by atoms with Crippen LogP contribution < -0.4 is 0 Å². The predicted molar refractivity (Wildman–Crippen MR) is 63.7 cm³/mol. The molecule has 2 aromatic rings. The predicted octanol–water partition coefficient (Wildman–Crippen LogP) is 2.43. The molecule has 4 heteroatoms. The van der Waals surface area contributed by atoms with Crippen molar-refractivity contribution in [2.45, 2.75) is 5.03 Å². The molecule has 0 aliphatic rings. The Bertz CT molecular complexity index is 499. The average Bonchev–Trinajstić information content (AvgIpc) is 2.39. The van der Waals surface area contributed by atoms with Gasteiger partial charge in [-0.05, 0) is 6.26 Å². The van der Waals surface area contributed by atoms with Crippen molar-refractivity contribution in [3.63, 3.8) is 0 Å². The Labute approximate surface area is 97.9 Å². The van der Waals surface area contributed by atoms with E-state index in [2.05, 4.69) is 9.97 Å².